The quantitative estimate of drug-likeness (QED) is 0.887. The number of amides is 2. The molecule has 1 aromatic carbocycles. The van der Waals surface area contributed by atoms with E-state index in [0.717, 1.165) is 25.3 Å². The van der Waals surface area contributed by atoms with Crippen LogP contribution in [-0.4, -0.2) is 60.4 Å². The maximum Gasteiger partial charge on any atom is 0.257 e. The number of nitrogens with zero attached hydrogens (tertiary/aromatic N) is 2. The van der Waals surface area contributed by atoms with E-state index in [0.29, 0.717) is 32.7 Å². The molecule has 0 aromatic heterocycles. The van der Waals surface area contributed by atoms with Gasteiger partial charge in [0.05, 0.1) is 11.6 Å². The van der Waals surface area contributed by atoms with Gasteiger partial charge in [0.25, 0.3) is 5.91 Å². The van der Waals surface area contributed by atoms with Crippen molar-refractivity contribution in [1.29, 1.82) is 0 Å². The van der Waals surface area contributed by atoms with Crippen molar-refractivity contribution in [2.45, 2.75) is 25.3 Å². The van der Waals surface area contributed by atoms with Crippen LogP contribution < -0.4 is 5.32 Å². The minimum Gasteiger partial charge on any atom is -0.355 e. The first-order valence-electron chi connectivity index (χ1n) is 8.33. The van der Waals surface area contributed by atoms with E-state index in [9.17, 15) is 18.4 Å². The van der Waals surface area contributed by atoms with Crippen molar-refractivity contribution in [2.24, 2.45) is 0 Å². The van der Waals surface area contributed by atoms with Crippen molar-refractivity contribution in [2.75, 3.05) is 32.7 Å². The van der Waals surface area contributed by atoms with E-state index in [1.54, 1.807) is 0 Å². The van der Waals surface area contributed by atoms with Gasteiger partial charge in [-0.25, -0.2) is 8.78 Å². The molecule has 0 spiro atoms. The lowest BCUT2D eigenvalue weighted by Gasteiger charge is -2.38. The summed E-state index contributed by atoms with van der Waals surface area (Å²) >= 11 is 0. The molecular weight excluding hydrogens is 316 g/mol. The summed E-state index contributed by atoms with van der Waals surface area (Å²) in [5, 5.41) is 2.91. The molecule has 24 heavy (non-hydrogen) atoms. The fourth-order valence-corrected chi connectivity index (χ4v) is 3.35. The predicted octanol–water partition coefficient (Wildman–Crippen LogP) is 1.39. The van der Waals surface area contributed by atoms with Crippen molar-refractivity contribution in [3.05, 3.63) is 35.4 Å². The van der Waals surface area contributed by atoms with Crippen LogP contribution in [0.5, 0.6) is 0 Å². The van der Waals surface area contributed by atoms with Gasteiger partial charge in [-0.15, -0.1) is 0 Å². The molecule has 0 aliphatic carbocycles. The molecule has 1 aromatic rings. The van der Waals surface area contributed by atoms with Crippen LogP contribution in [0.3, 0.4) is 0 Å². The van der Waals surface area contributed by atoms with Gasteiger partial charge in [-0.1, -0.05) is 6.07 Å². The third-order valence-corrected chi connectivity index (χ3v) is 4.73. The number of hydrogen-bond donors (Lipinski definition) is 1. The molecule has 2 aliphatic rings. The first-order valence-corrected chi connectivity index (χ1v) is 8.33. The summed E-state index contributed by atoms with van der Waals surface area (Å²) in [5.74, 6) is -2.58. The van der Waals surface area contributed by atoms with Crippen molar-refractivity contribution in [1.82, 2.24) is 15.1 Å². The average molecular weight is 337 g/mol. The molecule has 1 unspecified atom stereocenters. The lowest BCUT2D eigenvalue weighted by molar-refractivity contribution is -0.126. The van der Waals surface area contributed by atoms with Crippen LogP contribution in [0.4, 0.5) is 8.78 Å². The smallest absolute Gasteiger partial charge is 0.257 e. The van der Waals surface area contributed by atoms with Crippen molar-refractivity contribution in [3.63, 3.8) is 0 Å². The number of benzene rings is 1. The first kappa shape index (κ1) is 16.8. The summed E-state index contributed by atoms with van der Waals surface area (Å²) in [6.07, 6.45) is 2.80. The van der Waals surface area contributed by atoms with E-state index in [1.165, 1.54) is 17.0 Å². The van der Waals surface area contributed by atoms with Gasteiger partial charge in [-0.3, -0.25) is 14.5 Å². The van der Waals surface area contributed by atoms with E-state index >= 15 is 0 Å². The number of carbonyl (C=O) groups is 2. The highest BCUT2D eigenvalue weighted by atomic mass is 19.2. The van der Waals surface area contributed by atoms with Crippen molar-refractivity contribution in [3.8, 4) is 0 Å². The molecule has 0 bridgehead atoms. The minimum absolute atomic E-state index is 0.0449. The van der Waals surface area contributed by atoms with Gasteiger partial charge >= 0.3 is 0 Å². The van der Waals surface area contributed by atoms with Gasteiger partial charge in [-0.2, -0.15) is 0 Å². The Morgan fingerprint density at radius 3 is 2.62 bits per heavy atom. The Bertz CT molecular complexity index is 630. The Morgan fingerprint density at radius 1 is 1.12 bits per heavy atom. The van der Waals surface area contributed by atoms with E-state index in [-0.39, 0.29) is 17.5 Å². The highest BCUT2D eigenvalue weighted by Gasteiger charge is 2.32. The van der Waals surface area contributed by atoms with Crippen LogP contribution in [0.2, 0.25) is 0 Å². The van der Waals surface area contributed by atoms with Gasteiger partial charge in [0.15, 0.2) is 11.6 Å². The Balaban J connectivity index is 1.63. The largest absolute Gasteiger partial charge is 0.355 e. The highest BCUT2D eigenvalue weighted by molar-refractivity contribution is 5.94. The summed E-state index contributed by atoms with van der Waals surface area (Å²) in [6.45, 7) is 2.63. The molecule has 1 N–H and O–H groups in total. The maximum absolute atomic E-state index is 13.8. The SMILES string of the molecule is O=C1NCCCCC1N1CCN(C(=O)c2cccc(F)c2F)CC1. The van der Waals surface area contributed by atoms with Crippen LogP contribution in [-0.2, 0) is 4.79 Å². The molecule has 3 rings (SSSR count). The van der Waals surface area contributed by atoms with Gasteiger partial charge in [-0.05, 0) is 31.4 Å². The Labute approximate surface area is 139 Å². The summed E-state index contributed by atoms with van der Waals surface area (Å²) in [7, 11) is 0. The number of piperazine rings is 1. The van der Waals surface area contributed by atoms with Crippen LogP contribution in [0.1, 0.15) is 29.6 Å². The molecule has 2 aliphatic heterocycles. The van der Waals surface area contributed by atoms with Crippen LogP contribution in [0.15, 0.2) is 18.2 Å². The van der Waals surface area contributed by atoms with Crippen LogP contribution in [0, 0.1) is 11.6 Å². The second-order valence-corrected chi connectivity index (χ2v) is 6.23. The maximum atomic E-state index is 13.8. The zero-order valence-electron chi connectivity index (χ0n) is 13.4. The number of rotatable bonds is 2. The Hall–Kier alpha value is -2.02. The summed E-state index contributed by atoms with van der Waals surface area (Å²) < 4.78 is 27.1. The third kappa shape index (κ3) is 3.40. The van der Waals surface area contributed by atoms with Crippen LogP contribution in [0.25, 0.3) is 0 Å². The van der Waals surface area contributed by atoms with Gasteiger partial charge in [0.1, 0.15) is 0 Å². The molecule has 130 valence electrons. The molecule has 2 fully saturated rings. The predicted molar refractivity (Wildman–Crippen MR) is 84.5 cm³/mol. The summed E-state index contributed by atoms with van der Waals surface area (Å²) in [5.41, 5.74) is -0.240. The minimum atomic E-state index is -1.10. The fourth-order valence-electron chi connectivity index (χ4n) is 3.35. The molecule has 2 saturated heterocycles. The average Bonchev–Trinajstić information content (AvgIpc) is 2.81. The van der Waals surface area contributed by atoms with Crippen molar-refractivity contribution < 1.29 is 18.4 Å². The Kier molecular flexibility index (Phi) is 5.08. The van der Waals surface area contributed by atoms with Gasteiger partial charge in [0, 0.05) is 32.7 Å². The van der Waals surface area contributed by atoms with E-state index in [2.05, 4.69) is 10.2 Å². The normalized spacial score (nSPS) is 22.8. The number of nitrogens with one attached hydrogen (secondary N) is 1. The lowest BCUT2D eigenvalue weighted by Crippen LogP contribution is -2.55. The summed E-state index contributed by atoms with van der Waals surface area (Å²) in [6, 6.07) is 3.47. The molecule has 0 saturated carbocycles. The fraction of sp³-hybridized carbons (Fsp3) is 0.529. The number of carbonyl (C=O) groups excluding carboxylic acids is 2. The van der Waals surface area contributed by atoms with Crippen LogP contribution >= 0.6 is 0 Å². The monoisotopic (exact) mass is 337 g/mol. The second-order valence-electron chi connectivity index (χ2n) is 6.23. The topological polar surface area (TPSA) is 52.7 Å². The number of hydrogen-bond acceptors (Lipinski definition) is 3. The van der Waals surface area contributed by atoms with Gasteiger partial charge in [0.2, 0.25) is 5.91 Å². The van der Waals surface area contributed by atoms with E-state index in [1.807, 2.05) is 0 Å². The van der Waals surface area contributed by atoms with Crippen molar-refractivity contribution >= 4 is 11.8 Å². The molecule has 2 heterocycles. The molecule has 5 nitrogen and oxygen atoms in total. The molecule has 2 amide bonds. The highest BCUT2D eigenvalue weighted by Crippen LogP contribution is 2.18. The van der Waals surface area contributed by atoms with E-state index < -0.39 is 17.5 Å². The summed E-state index contributed by atoms with van der Waals surface area (Å²) in [4.78, 5) is 28.1. The molecule has 0 radical (unpaired) electrons. The number of halogens is 2. The second kappa shape index (κ2) is 7.25. The van der Waals surface area contributed by atoms with E-state index in [4.69, 9.17) is 0 Å². The third-order valence-electron chi connectivity index (χ3n) is 4.73. The molecular formula is C17H21F2N3O2. The standard InChI is InChI=1S/C17H21F2N3O2/c18-13-5-3-4-12(15(13)19)17(24)22-10-8-21(9-11-22)14-6-1-2-7-20-16(14)23/h3-5,14H,1-2,6-11H2,(H,20,23). The molecule has 1 atom stereocenters. The van der Waals surface area contributed by atoms with Gasteiger partial charge < -0.3 is 10.2 Å². The zero-order valence-corrected chi connectivity index (χ0v) is 13.4. The molecule has 7 heteroatoms. The zero-order chi connectivity index (χ0) is 17.1. The Morgan fingerprint density at radius 2 is 1.88 bits per heavy atom. The first-order chi connectivity index (χ1) is 11.6. The lowest BCUT2D eigenvalue weighted by atomic mass is 10.1.